The summed E-state index contributed by atoms with van der Waals surface area (Å²) in [6.07, 6.45) is 48.0. The van der Waals surface area contributed by atoms with Crippen molar-refractivity contribution in [1.82, 2.24) is 0 Å². The van der Waals surface area contributed by atoms with Gasteiger partial charge in [0.15, 0.2) is 6.10 Å². The van der Waals surface area contributed by atoms with E-state index in [2.05, 4.69) is 27.7 Å². The molecule has 58 heavy (non-hydrogen) atoms. The summed E-state index contributed by atoms with van der Waals surface area (Å²) in [5.41, 5.74) is 0. The van der Waals surface area contributed by atoms with Gasteiger partial charge in [-0.25, -0.2) is 0 Å². The van der Waals surface area contributed by atoms with E-state index >= 15 is 0 Å². The van der Waals surface area contributed by atoms with Gasteiger partial charge in [-0.1, -0.05) is 252 Å². The van der Waals surface area contributed by atoms with Crippen molar-refractivity contribution in [3.8, 4) is 0 Å². The molecule has 0 aliphatic rings. The highest BCUT2D eigenvalue weighted by atomic mass is 16.6. The van der Waals surface area contributed by atoms with Crippen LogP contribution in [-0.4, -0.2) is 37.2 Å². The lowest BCUT2D eigenvalue weighted by Gasteiger charge is -2.18. The summed E-state index contributed by atoms with van der Waals surface area (Å²) in [6, 6.07) is 0. The number of hydrogen-bond donors (Lipinski definition) is 0. The second-order valence-corrected chi connectivity index (χ2v) is 18.1. The molecule has 0 spiro atoms. The molecular weight excluding hydrogens is 721 g/mol. The first-order valence-electron chi connectivity index (χ1n) is 25.9. The van der Waals surface area contributed by atoms with Gasteiger partial charge in [0.2, 0.25) is 0 Å². The predicted octanol–water partition coefficient (Wildman–Crippen LogP) is 16.7. The lowest BCUT2D eigenvalue weighted by molar-refractivity contribution is -0.167. The highest BCUT2D eigenvalue weighted by Gasteiger charge is 2.19. The van der Waals surface area contributed by atoms with E-state index in [-0.39, 0.29) is 31.1 Å². The van der Waals surface area contributed by atoms with Crippen LogP contribution in [0.25, 0.3) is 0 Å². The summed E-state index contributed by atoms with van der Waals surface area (Å²) in [4.78, 5) is 37.9. The van der Waals surface area contributed by atoms with Crippen molar-refractivity contribution in [3.63, 3.8) is 0 Å². The molecule has 0 aromatic rings. The van der Waals surface area contributed by atoms with Gasteiger partial charge in [0.25, 0.3) is 0 Å². The maximum absolute atomic E-state index is 12.8. The number of hydrogen-bond acceptors (Lipinski definition) is 6. The fourth-order valence-electron chi connectivity index (χ4n) is 7.83. The van der Waals surface area contributed by atoms with E-state index in [0.717, 1.165) is 63.7 Å². The van der Waals surface area contributed by atoms with E-state index in [1.54, 1.807) is 0 Å². The molecule has 0 saturated heterocycles. The molecule has 0 aliphatic carbocycles. The van der Waals surface area contributed by atoms with E-state index < -0.39 is 6.10 Å². The Bertz CT molecular complexity index is 874. The topological polar surface area (TPSA) is 78.9 Å². The van der Waals surface area contributed by atoms with Gasteiger partial charge < -0.3 is 14.2 Å². The smallest absolute Gasteiger partial charge is 0.306 e. The molecule has 0 aliphatic heterocycles. The number of carbonyl (C=O) groups excluding carboxylic acids is 3. The highest BCUT2D eigenvalue weighted by molar-refractivity contribution is 5.71. The average molecular weight is 821 g/mol. The minimum absolute atomic E-state index is 0.0632. The number of esters is 3. The van der Waals surface area contributed by atoms with Gasteiger partial charge in [-0.3, -0.25) is 14.4 Å². The second-order valence-electron chi connectivity index (χ2n) is 18.1. The fourth-order valence-corrected chi connectivity index (χ4v) is 7.83. The summed E-state index contributed by atoms with van der Waals surface area (Å²) < 4.78 is 16.8. The molecule has 2 atom stereocenters. The molecule has 6 heteroatoms. The standard InChI is InChI=1S/C52H100O6/c1-5-8-10-12-14-16-18-19-20-21-22-23-25-27-32-36-40-44-51(54)57-47-49(46-56-50(53)43-39-35-31-26-24-17-15-13-11-9-6-2)58-52(55)45-41-37-33-29-28-30-34-38-42-48(4)7-3/h48-49H,5-47H2,1-4H3/t48?,49-/m1/s1. The molecule has 6 nitrogen and oxygen atoms in total. The molecule has 0 N–H and O–H groups in total. The van der Waals surface area contributed by atoms with E-state index in [1.165, 1.54) is 186 Å². The van der Waals surface area contributed by atoms with Gasteiger partial charge in [-0.2, -0.15) is 0 Å². The van der Waals surface area contributed by atoms with Crippen LogP contribution in [-0.2, 0) is 28.6 Å². The summed E-state index contributed by atoms with van der Waals surface area (Å²) in [6.45, 7) is 9.02. The van der Waals surface area contributed by atoms with Crippen LogP contribution < -0.4 is 0 Å². The van der Waals surface area contributed by atoms with Crippen LogP contribution in [0.3, 0.4) is 0 Å². The second kappa shape index (κ2) is 46.5. The highest BCUT2D eigenvalue weighted by Crippen LogP contribution is 2.17. The Balaban J connectivity index is 4.28. The Morgan fingerprint density at radius 2 is 0.603 bits per heavy atom. The molecule has 0 rings (SSSR count). The molecule has 0 fully saturated rings. The fraction of sp³-hybridized carbons (Fsp3) is 0.942. The Labute approximate surface area is 361 Å². The third kappa shape index (κ3) is 44.0. The van der Waals surface area contributed by atoms with Crippen LogP contribution in [0.5, 0.6) is 0 Å². The SMILES string of the molecule is CCCCCCCCCCCCCCCCCCCC(=O)OC[C@@H](COC(=O)CCCCCCCCCCCCC)OC(=O)CCCCCCCCCCC(C)CC. The summed E-state index contributed by atoms with van der Waals surface area (Å²) in [5, 5.41) is 0. The largest absolute Gasteiger partial charge is 0.462 e. The zero-order chi connectivity index (χ0) is 42.4. The number of rotatable bonds is 47. The van der Waals surface area contributed by atoms with Gasteiger partial charge in [-0.05, 0) is 25.2 Å². The monoisotopic (exact) mass is 821 g/mol. The quantitative estimate of drug-likeness (QED) is 0.0346. The van der Waals surface area contributed by atoms with Crippen molar-refractivity contribution in [2.75, 3.05) is 13.2 Å². The minimum Gasteiger partial charge on any atom is -0.462 e. The first kappa shape index (κ1) is 56.4. The van der Waals surface area contributed by atoms with Crippen molar-refractivity contribution in [2.45, 2.75) is 297 Å². The van der Waals surface area contributed by atoms with Crippen LogP contribution in [0.1, 0.15) is 291 Å². The molecular formula is C52H100O6. The molecule has 0 aromatic heterocycles. The predicted molar refractivity (Wildman–Crippen MR) is 247 cm³/mol. The number of carbonyl (C=O) groups is 3. The van der Waals surface area contributed by atoms with Gasteiger partial charge >= 0.3 is 17.9 Å². The van der Waals surface area contributed by atoms with Gasteiger partial charge in [0.1, 0.15) is 13.2 Å². The zero-order valence-corrected chi connectivity index (χ0v) is 39.5. The third-order valence-electron chi connectivity index (χ3n) is 12.2. The van der Waals surface area contributed by atoms with Crippen molar-refractivity contribution in [1.29, 1.82) is 0 Å². The molecule has 1 unspecified atom stereocenters. The van der Waals surface area contributed by atoms with Crippen LogP contribution in [0, 0.1) is 5.92 Å². The molecule has 0 heterocycles. The Morgan fingerprint density at radius 1 is 0.345 bits per heavy atom. The van der Waals surface area contributed by atoms with E-state index in [0.29, 0.717) is 19.3 Å². The molecule has 344 valence electrons. The van der Waals surface area contributed by atoms with Gasteiger partial charge in [-0.15, -0.1) is 0 Å². The summed E-state index contributed by atoms with van der Waals surface area (Å²) in [5.74, 6) is -0.00221. The summed E-state index contributed by atoms with van der Waals surface area (Å²) >= 11 is 0. The normalized spacial score (nSPS) is 12.4. The van der Waals surface area contributed by atoms with E-state index in [1.807, 2.05) is 0 Å². The number of unbranched alkanes of at least 4 members (excludes halogenated alkanes) is 33. The van der Waals surface area contributed by atoms with Crippen LogP contribution in [0.4, 0.5) is 0 Å². The number of ether oxygens (including phenoxy) is 3. The third-order valence-corrected chi connectivity index (χ3v) is 12.2. The lowest BCUT2D eigenvalue weighted by atomic mass is 9.99. The minimum atomic E-state index is -0.760. The summed E-state index contributed by atoms with van der Waals surface area (Å²) in [7, 11) is 0. The molecule has 0 aromatic carbocycles. The van der Waals surface area contributed by atoms with Crippen molar-refractivity contribution >= 4 is 17.9 Å². The average Bonchev–Trinajstić information content (AvgIpc) is 3.22. The first-order valence-corrected chi connectivity index (χ1v) is 25.9. The van der Waals surface area contributed by atoms with Crippen LogP contribution >= 0.6 is 0 Å². The van der Waals surface area contributed by atoms with E-state index in [4.69, 9.17) is 14.2 Å². The van der Waals surface area contributed by atoms with Crippen LogP contribution in [0.15, 0.2) is 0 Å². The molecule has 0 amide bonds. The molecule has 0 bridgehead atoms. The first-order chi connectivity index (χ1) is 28.4. The Hall–Kier alpha value is -1.59. The van der Waals surface area contributed by atoms with Gasteiger partial charge in [0, 0.05) is 19.3 Å². The van der Waals surface area contributed by atoms with Crippen LogP contribution in [0.2, 0.25) is 0 Å². The van der Waals surface area contributed by atoms with Crippen molar-refractivity contribution in [3.05, 3.63) is 0 Å². The maximum atomic E-state index is 12.8. The zero-order valence-electron chi connectivity index (χ0n) is 39.5. The Morgan fingerprint density at radius 3 is 0.897 bits per heavy atom. The molecule has 0 radical (unpaired) electrons. The Kier molecular flexibility index (Phi) is 45.2. The lowest BCUT2D eigenvalue weighted by Crippen LogP contribution is -2.30. The van der Waals surface area contributed by atoms with E-state index in [9.17, 15) is 14.4 Å². The van der Waals surface area contributed by atoms with Crippen molar-refractivity contribution < 1.29 is 28.6 Å². The molecule has 0 saturated carbocycles. The van der Waals surface area contributed by atoms with Crippen molar-refractivity contribution in [2.24, 2.45) is 5.92 Å². The van der Waals surface area contributed by atoms with Gasteiger partial charge in [0.05, 0.1) is 0 Å². The maximum Gasteiger partial charge on any atom is 0.306 e.